The summed E-state index contributed by atoms with van der Waals surface area (Å²) in [6.07, 6.45) is -13.3. The molecule has 10 heteroatoms. The largest absolute Gasteiger partial charge is 0.454 e. The monoisotopic (exact) mass is 289 g/mol. The number of nitrogens with one attached hydrogen (secondary N) is 1. The minimum atomic E-state index is -5.59. The van der Waals surface area contributed by atoms with Crippen LogP contribution >= 0.6 is 0 Å². The minimum absolute atomic E-state index is 0.0168. The van der Waals surface area contributed by atoms with Gasteiger partial charge in [0.2, 0.25) is 5.88 Å². The lowest BCUT2D eigenvalue weighted by Crippen LogP contribution is -2.46. The smallest absolute Gasteiger partial charge is 0.434 e. The molecule has 1 heterocycles. The summed E-state index contributed by atoms with van der Waals surface area (Å²) in [5.41, 5.74) is 0. The molecule has 0 aromatic carbocycles. The molecule has 0 aliphatic rings. The van der Waals surface area contributed by atoms with Crippen molar-refractivity contribution in [2.45, 2.75) is 25.4 Å². The van der Waals surface area contributed by atoms with Gasteiger partial charge in [0, 0.05) is 6.54 Å². The van der Waals surface area contributed by atoms with Gasteiger partial charge >= 0.3 is 12.4 Å². The fourth-order valence-electron chi connectivity index (χ4n) is 1.11. The van der Waals surface area contributed by atoms with E-state index in [0.717, 1.165) is 6.20 Å². The fourth-order valence-corrected chi connectivity index (χ4v) is 1.11. The molecule has 0 aliphatic carbocycles. The SMILES string of the molecule is CCNc1cncc(OC(C(F)(F)F)C(F)(F)F)n1. The van der Waals surface area contributed by atoms with Gasteiger partial charge in [0.15, 0.2) is 0 Å². The number of hydrogen-bond acceptors (Lipinski definition) is 4. The maximum absolute atomic E-state index is 12.2. The van der Waals surface area contributed by atoms with Gasteiger partial charge in [0.1, 0.15) is 5.82 Å². The lowest BCUT2D eigenvalue weighted by Gasteiger charge is -2.23. The zero-order valence-corrected chi connectivity index (χ0v) is 9.51. The highest BCUT2D eigenvalue weighted by molar-refractivity contribution is 5.32. The molecule has 1 rings (SSSR count). The Hall–Kier alpha value is -1.74. The summed E-state index contributed by atoms with van der Waals surface area (Å²) in [6, 6.07) is 0. The predicted molar refractivity (Wildman–Crippen MR) is 52.7 cm³/mol. The molecule has 19 heavy (non-hydrogen) atoms. The Bertz CT molecular complexity index is 405. The van der Waals surface area contributed by atoms with Gasteiger partial charge in [-0.25, -0.2) is 0 Å². The fraction of sp³-hybridized carbons (Fsp3) is 0.556. The van der Waals surface area contributed by atoms with Crippen LogP contribution in [0.25, 0.3) is 0 Å². The second-order valence-electron chi connectivity index (χ2n) is 3.35. The number of ether oxygens (including phenoxy) is 1. The first-order valence-corrected chi connectivity index (χ1v) is 5.00. The minimum Gasteiger partial charge on any atom is -0.454 e. The van der Waals surface area contributed by atoms with Crippen LogP contribution in [0.1, 0.15) is 6.92 Å². The number of halogens is 6. The normalized spacial score (nSPS) is 12.6. The van der Waals surface area contributed by atoms with E-state index in [-0.39, 0.29) is 5.82 Å². The molecule has 108 valence electrons. The van der Waals surface area contributed by atoms with Crippen molar-refractivity contribution in [1.29, 1.82) is 0 Å². The lowest BCUT2D eigenvalue weighted by atomic mass is 10.3. The van der Waals surface area contributed by atoms with Crippen molar-refractivity contribution in [2.75, 3.05) is 11.9 Å². The lowest BCUT2D eigenvalue weighted by molar-refractivity contribution is -0.300. The van der Waals surface area contributed by atoms with Gasteiger partial charge in [-0.2, -0.15) is 31.3 Å². The van der Waals surface area contributed by atoms with E-state index in [2.05, 4.69) is 20.0 Å². The van der Waals surface area contributed by atoms with Crippen molar-refractivity contribution < 1.29 is 31.1 Å². The summed E-state index contributed by atoms with van der Waals surface area (Å²) in [5.74, 6) is -0.846. The van der Waals surface area contributed by atoms with E-state index in [1.54, 1.807) is 6.92 Å². The van der Waals surface area contributed by atoms with E-state index in [9.17, 15) is 26.3 Å². The van der Waals surface area contributed by atoms with Crippen LogP contribution in [0.2, 0.25) is 0 Å². The molecule has 0 radical (unpaired) electrons. The summed E-state index contributed by atoms with van der Waals surface area (Å²) in [5, 5.41) is 2.58. The summed E-state index contributed by atoms with van der Waals surface area (Å²) in [7, 11) is 0. The average Bonchev–Trinajstić information content (AvgIpc) is 2.24. The highest BCUT2D eigenvalue weighted by Crippen LogP contribution is 2.36. The van der Waals surface area contributed by atoms with Crippen LogP contribution in [0, 0.1) is 0 Å². The Morgan fingerprint density at radius 2 is 1.74 bits per heavy atom. The number of nitrogens with zero attached hydrogens (tertiary/aromatic N) is 2. The van der Waals surface area contributed by atoms with Gasteiger partial charge in [0.25, 0.3) is 6.10 Å². The molecule has 0 spiro atoms. The van der Waals surface area contributed by atoms with E-state index in [0.29, 0.717) is 12.7 Å². The molecule has 1 aromatic rings. The van der Waals surface area contributed by atoms with Crippen LogP contribution in [0.3, 0.4) is 0 Å². The molecule has 0 bridgehead atoms. The van der Waals surface area contributed by atoms with E-state index in [1.165, 1.54) is 0 Å². The summed E-state index contributed by atoms with van der Waals surface area (Å²) in [4.78, 5) is 6.87. The van der Waals surface area contributed by atoms with Crippen LogP contribution in [-0.2, 0) is 0 Å². The third-order valence-electron chi connectivity index (χ3n) is 1.80. The van der Waals surface area contributed by atoms with Crippen LogP contribution in [-0.4, -0.2) is 35.0 Å². The molecule has 0 aliphatic heterocycles. The van der Waals surface area contributed by atoms with Gasteiger partial charge < -0.3 is 10.1 Å². The van der Waals surface area contributed by atoms with Gasteiger partial charge in [-0.15, -0.1) is 0 Å². The van der Waals surface area contributed by atoms with Crippen molar-refractivity contribution in [3.8, 4) is 5.88 Å². The number of hydrogen-bond donors (Lipinski definition) is 1. The first-order chi connectivity index (χ1) is 8.64. The molecule has 0 saturated carbocycles. The summed E-state index contributed by atoms with van der Waals surface area (Å²) >= 11 is 0. The molecule has 0 amide bonds. The Morgan fingerprint density at radius 3 is 2.21 bits per heavy atom. The first-order valence-electron chi connectivity index (χ1n) is 5.00. The Kier molecular flexibility index (Phi) is 4.43. The molecular formula is C9H9F6N3O. The topological polar surface area (TPSA) is 47.0 Å². The van der Waals surface area contributed by atoms with Crippen molar-refractivity contribution >= 4 is 5.82 Å². The quantitative estimate of drug-likeness (QED) is 0.866. The van der Waals surface area contributed by atoms with E-state index >= 15 is 0 Å². The van der Waals surface area contributed by atoms with Crippen molar-refractivity contribution in [1.82, 2.24) is 9.97 Å². The second-order valence-corrected chi connectivity index (χ2v) is 3.35. The van der Waals surface area contributed by atoms with Gasteiger partial charge in [-0.1, -0.05) is 0 Å². The van der Waals surface area contributed by atoms with Crippen molar-refractivity contribution in [2.24, 2.45) is 0 Å². The second kappa shape index (κ2) is 5.49. The standard InChI is InChI=1S/C9H9F6N3O/c1-2-17-5-3-16-4-6(18-5)19-7(8(10,11)12)9(13,14)15/h3-4,7H,2H2,1H3,(H,17,18). The molecule has 1 N–H and O–H groups in total. The maximum atomic E-state index is 12.2. The van der Waals surface area contributed by atoms with Gasteiger partial charge in [-0.05, 0) is 6.92 Å². The Labute approximate surface area is 103 Å². The number of rotatable bonds is 4. The van der Waals surface area contributed by atoms with Crippen molar-refractivity contribution in [3.63, 3.8) is 0 Å². The number of anilines is 1. The first kappa shape index (κ1) is 15.3. The van der Waals surface area contributed by atoms with Crippen molar-refractivity contribution in [3.05, 3.63) is 12.4 Å². The maximum Gasteiger partial charge on any atom is 0.434 e. The Morgan fingerprint density at radius 1 is 1.16 bits per heavy atom. The van der Waals surface area contributed by atoms with E-state index in [4.69, 9.17) is 0 Å². The van der Waals surface area contributed by atoms with Gasteiger partial charge in [0.05, 0.1) is 12.4 Å². The molecule has 0 atom stereocenters. The van der Waals surface area contributed by atoms with Crippen LogP contribution in [0.4, 0.5) is 32.2 Å². The highest BCUT2D eigenvalue weighted by atomic mass is 19.4. The Balaban J connectivity index is 2.94. The third kappa shape index (κ3) is 4.45. The number of alkyl halides is 6. The molecule has 4 nitrogen and oxygen atoms in total. The molecule has 1 aromatic heterocycles. The van der Waals surface area contributed by atoms with E-state index < -0.39 is 24.3 Å². The molecular weight excluding hydrogens is 280 g/mol. The third-order valence-corrected chi connectivity index (χ3v) is 1.80. The highest BCUT2D eigenvalue weighted by Gasteiger charge is 2.59. The molecule has 0 saturated heterocycles. The number of aromatic nitrogens is 2. The molecule has 0 fully saturated rings. The van der Waals surface area contributed by atoms with Crippen LogP contribution < -0.4 is 10.1 Å². The van der Waals surface area contributed by atoms with E-state index in [1.807, 2.05) is 0 Å². The predicted octanol–water partition coefficient (Wildman–Crippen LogP) is 2.78. The van der Waals surface area contributed by atoms with Crippen LogP contribution in [0.15, 0.2) is 12.4 Å². The van der Waals surface area contributed by atoms with Crippen LogP contribution in [0.5, 0.6) is 5.88 Å². The average molecular weight is 289 g/mol. The zero-order valence-electron chi connectivity index (χ0n) is 9.51. The zero-order chi connectivity index (χ0) is 14.7. The molecule has 0 unspecified atom stereocenters. The summed E-state index contributed by atoms with van der Waals surface area (Å²) < 4.78 is 77.3. The van der Waals surface area contributed by atoms with Gasteiger partial charge in [-0.3, -0.25) is 4.98 Å². The summed E-state index contributed by atoms with van der Waals surface area (Å²) in [6.45, 7) is 2.05.